The number of ether oxygens (including phenoxy) is 1. The van der Waals surface area contributed by atoms with Crippen LogP contribution in [0.3, 0.4) is 0 Å². The Labute approximate surface area is 130 Å². The van der Waals surface area contributed by atoms with E-state index >= 15 is 0 Å². The molecule has 1 aromatic rings. The standard InChI is InChI=1S/C16H21ClN2O2/c17-13-4-1-5-14(9-13)21-15-10-19(11-15)16(20)12-3-2-7-18-8-6-12/h1,4-5,9,12,15,18H,2-3,6-8,10-11H2/t12-/m1/s1. The molecule has 0 bridgehead atoms. The number of likely N-dealkylation sites (tertiary alicyclic amines) is 1. The van der Waals surface area contributed by atoms with E-state index in [1.165, 1.54) is 0 Å². The predicted octanol–water partition coefficient (Wildman–Crippen LogP) is 2.32. The van der Waals surface area contributed by atoms with Gasteiger partial charge in [-0.1, -0.05) is 17.7 Å². The van der Waals surface area contributed by atoms with Crippen LogP contribution in [0.1, 0.15) is 19.3 Å². The van der Waals surface area contributed by atoms with Crippen LogP contribution in [0.15, 0.2) is 24.3 Å². The maximum Gasteiger partial charge on any atom is 0.225 e. The topological polar surface area (TPSA) is 41.6 Å². The molecule has 3 rings (SSSR count). The summed E-state index contributed by atoms with van der Waals surface area (Å²) in [5.74, 6) is 1.26. The van der Waals surface area contributed by atoms with Gasteiger partial charge in [-0.25, -0.2) is 0 Å². The fourth-order valence-electron chi connectivity index (χ4n) is 2.95. The summed E-state index contributed by atoms with van der Waals surface area (Å²) in [6.45, 7) is 3.36. The van der Waals surface area contributed by atoms with Crippen molar-refractivity contribution in [1.82, 2.24) is 10.2 Å². The number of benzene rings is 1. The molecule has 2 saturated heterocycles. The fraction of sp³-hybridized carbons (Fsp3) is 0.562. The molecule has 1 amide bonds. The van der Waals surface area contributed by atoms with Crippen molar-refractivity contribution >= 4 is 17.5 Å². The van der Waals surface area contributed by atoms with Crippen molar-refractivity contribution in [1.29, 1.82) is 0 Å². The van der Waals surface area contributed by atoms with Gasteiger partial charge in [0, 0.05) is 10.9 Å². The largest absolute Gasteiger partial charge is 0.487 e. The minimum Gasteiger partial charge on any atom is -0.487 e. The van der Waals surface area contributed by atoms with Gasteiger partial charge in [0.25, 0.3) is 0 Å². The highest BCUT2D eigenvalue weighted by atomic mass is 35.5. The molecule has 4 nitrogen and oxygen atoms in total. The van der Waals surface area contributed by atoms with Gasteiger partial charge in [-0.15, -0.1) is 0 Å². The van der Waals surface area contributed by atoms with Gasteiger partial charge in [-0.3, -0.25) is 4.79 Å². The molecule has 5 heteroatoms. The number of rotatable bonds is 3. The molecule has 1 N–H and O–H groups in total. The monoisotopic (exact) mass is 308 g/mol. The number of amides is 1. The second-order valence-corrected chi connectivity index (χ2v) is 6.25. The molecule has 0 saturated carbocycles. The number of hydrogen-bond donors (Lipinski definition) is 1. The minimum absolute atomic E-state index is 0.0938. The zero-order chi connectivity index (χ0) is 14.7. The number of nitrogens with one attached hydrogen (secondary N) is 1. The SMILES string of the molecule is O=C([C@@H]1CCCNCC1)N1CC(Oc2cccc(Cl)c2)C1. The van der Waals surface area contributed by atoms with Crippen LogP contribution in [-0.4, -0.2) is 43.1 Å². The summed E-state index contributed by atoms with van der Waals surface area (Å²) in [5, 5.41) is 4.02. The molecule has 114 valence electrons. The van der Waals surface area contributed by atoms with Crippen molar-refractivity contribution < 1.29 is 9.53 Å². The molecule has 0 aromatic heterocycles. The van der Waals surface area contributed by atoms with Gasteiger partial charge < -0.3 is 15.0 Å². The van der Waals surface area contributed by atoms with Crippen LogP contribution >= 0.6 is 11.6 Å². The molecular weight excluding hydrogens is 288 g/mol. The lowest BCUT2D eigenvalue weighted by Gasteiger charge is -2.40. The van der Waals surface area contributed by atoms with Gasteiger partial charge in [-0.2, -0.15) is 0 Å². The van der Waals surface area contributed by atoms with Gasteiger partial charge in [0.05, 0.1) is 13.1 Å². The zero-order valence-corrected chi connectivity index (χ0v) is 12.8. The summed E-state index contributed by atoms with van der Waals surface area (Å²) >= 11 is 5.94. The van der Waals surface area contributed by atoms with Crippen LogP contribution in [0.25, 0.3) is 0 Å². The van der Waals surface area contributed by atoms with Crippen molar-refractivity contribution in [2.45, 2.75) is 25.4 Å². The minimum atomic E-state index is 0.0938. The average molecular weight is 309 g/mol. The summed E-state index contributed by atoms with van der Waals surface area (Å²) < 4.78 is 5.83. The van der Waals surface area contributed by atoms with Crippen LogP contribution < -0.4 is 10.1 Å². The van der Waals surface area contributed by atoms with E-state index in [0.29, 0.717) is 24.0 Å². The van der Waals surface area contributed by atoms with E-state index in [4.69, 9.17) is 16.3 Å². The molecule has 0 radical (unpaired) electrons. The van der Waals surface area contributed by atoms with Crippen molar-refractivity contribution in [2.24, 2.45) is 5.92 Å². The third-order valence-electron chi connectivity index (χ3n) is 4.18. The Morgan fingerprint density at radius 1 is 1.29 bits per heavy atom. The Hall–Kier alpha value is -1.26. The van der Waals surface area contributed by atoms with Gasteiger partial charge >= 0.3 is 0 Å². The normalized spacial score (nSPS) is 23.3. The Bertz CT molecular complexity index is 495. The van der Waals surface area contributed by atoms with E-state index in [-0.39, 0.29) is 12.0 Å². The van der Waals surface area contributed by atoms with E-state index in [1.807, 2.05) is 29.2 Å². The number of nitrogens with zero attached hydrogens (tertiary/aromatic N) is 1. The summed E-state index contributed by atoms with van der Waals surface area (Å²) in [7, 11) is 0. The Kier molecular flexibility index (Phi) is 4.66. The van der Waals surface area contributed by atoms with Crippen LogP contribution in [0.4, 0.5) is 0 Å². The average Bonchev–Trinajstić information content (AvgIpc) is 2.71. The number of carbonyl (C=O) groups is 1. The van der Waals surface area contributed by atoms with E-state index in [0.717, 1.165) is 38.1 Å². The molecule has 2 aliphatic rings. The van der Waals surface area contributed by atoms with Crippen molar-refractivity contribution in [3.05, 3.63) is 29.3 Å². The second kappa shape index (κ2) is 6.67. The summed E-state index contributed by atoms with van der Waals surface area (Å²) in [6.07, 6.45) is 3.14. The van der Waals surface area contributed by atoms with E-state index in [2.05, 4.69) is 5.32 Å². The molecule has 1 atom stereocenters. The predicted molar refractivity (Wildman–Crippen MR) is 82.7 cm³/mol. The third-order valence-corrected chi connectivity index (χ3v) is 4.42. The first-order valence-electron chi connectivity index (χ1n) is 7.64. The smallest absolute Gasteiger partial charge is 0.225 e. The maximum atomic E-state index is 12.4. The fourth-order valence-corrected chi connectivity index (χ4v) is 3.13. The first kappa shape index (κ1) is 14.7. The molecule has 0 spiro atoms. The highest BCUT2D eigenvalue weighted by molar-refractivity contribution is 6.30. The first-order chi connectivity index (χ1) is 10.2. The number of carbonyl (C=O) groups excluding carboxylic acids is 1. The molecule has 2 fully saturated rings. The zero-order valence-electron chi connectivity index (χ0n) is 12.1. The lowest BCUT2D eigenvalue weighted by atomic mass is 9.97. The Morgan fingerprint density at radius 2 is 2.14 bits per heavy atom. The first-order valence-corrected chi connectivity index (χ1v) is 8.02. The summed E-state index contributed by atoms with van der Waals surface area (Å²) in [6, 6.07) is 7.40. The lowest BCUT2D eigenvalue weighted by molar-refractivity contribution is -0.144. The Morgan fingerprint density at radius 3 is 2.95 bits per heavy atom. The second-order valence-electron chi connectivity index (χ2n) is 5.82. The molecule has 21 heavy (non-hydrogen) atoms. The Balaban J connectivity index is 1.47. The van der Waals surface area contributed by atoms with Gasteiger partial charge in [0.15, 0.2) is 0 Å². The van der Waals surface area contributed by atoms with Crippen molar-refractivity contribution in [2.75, 3.05) is 26.2 Å². The highest BCUT2D eigenvalue weighted by Gasteiger charge is 2.35. The number of halogens is 1. The quantitative estimate of drug-likeness (QED) is 0.932. The summed E-state index contributed by atoms with van der Waals surface area (Å²) in [4.78, 5) is 14.3. The van der Waals surface area contributed by atoms with Crippen molar-refractivity contribution in [3.63, 3.8) is 0 Å². The lowest BCUT2D eigenvalue weighted by Crippen LogP contribution is -2.57. The molecule has 2 aliphatic heterocycles. The molecular formula is C16H21ClN2O2. The third kappa shape index (κ3) is 3.69. The van der Waals surface area contributed by atoms with Crippen LogP contribution in [0.2, 0.25) is 5.02 Å². The molecule has 0 aliphatic carbocycles. The van der Waals surface area contributed by atoms with Gasteiger partial charge in [0.2, 0.25) is 5.91 Å². The van der Waals surface area contributed by atoms with E-state index < -0.39 is 0 Å². The van der Waals surface area contributed by atoms with Crippen LogP contribution in [0, 0.1) is 5.92 Å². The van der Waals surface area contributed by atoms with Gasteiger partial charge in [-0.05, 0) is 50.6 Å². The number of hydrogen-bond acceptors (Lipinski definition) is 3. The maximum absolute atomic E-state index is 12.4. The highest BCUT2D eigenvalue weighted by Crippen LogP contribution is 2.24. The summed E-state index contributed by atoms with van der Waals surface area (Å²) in [5.41, 5.74) is 0. The van der Waals surface area contributed by atoms with E-state index in [1.54, 1.807) is 0 Å². The molecule has 2 heterocycles. The van der Waals surface area contributed by atoms with E-state index in [9.17, 15) is 4.79 Å². The molecule has 1 aromatic carbocycles. The molecule has 0 unspecified atom stereocenters. The van der Waals surface area contributed by atoms with Crippen LogP contribution in [-0.2, 0) is 4.79 Å². The van der Waals surface area contributed by atoms with Crippen molar-refractivity contribution in [3.8, 4) is 5.75 Å². The van der Waals surface area contributed by atoms with Crippen LogP contribution in [0.5, 0.6) is 5.75 Å². The van der Waals surface area contributed by atoms with Gasteiger partial charge in [0.1, 0.15) is 11.9 Å².